The second-order valence-electron chi connectivity index (χ2n) is 8.44. The molecule has 1 aromatic carbocycles. The summed E-state index contributed by atoms with van der Waals surface area (Å²) >= 11 is 0. The molecule has 3 nitrogen and oxygen atoms in total. The van der Waals surface area contributed by atoms with Gasteiger partial charge in [0.15, 0.2) is 0 Å². The summed E-state index contributed by atoms with van der Waals surface area (Å²) in [5.41, 5.74) is 1.99. The lowest BCUT2D eigenvalue weighted by Crippen LogP contribution is -2.47. The van der Waals surface area contributed by atoms with E-state index in [-0.39, 0.29) is 0 Å². The second kappa shape index (κ2) is 7.05. The van der Waals surface area contributed by atoms with Gasteiger partial charge in [-0.25, -0.2) is 0 Å². The lowest BCUT2D eigenvalue weighted by molar-refractivity contribution is 0.0668. The van der Waals surface area contributed by atoms with Crippen LogP contribution >= 0.6 is 0 Å². The molecule has 3 heteroatoms. The molecular formula is C21H32N2O. The zero-order valence-electron chi connectivity index (χ0n) is 15.2. The number of likely N-dealkylation sites (tertiary alicyclic amines) is 2. The average molecular weight is 329 g/mol. The Bertz CT molecular complexity index is 539. The van der Waals surface area contributed by atoms with Gasteiger partial charge in [0.1, 0.15) is 5.75 Å². The highest BCUT2D eigenvalue weighted by Gasteiger charge is 2.41. The quantitative estimate of drug-likeness (QED) is 0.818. The van der Waals surface area contributed by atoms with Gasteiger partial charge in [0.2, 0.25) is 0 Å². The van der Waals surface area contributed by atoms with Crippen molar-refractivity contribution >= 4 is 0 Å². The molecule has 1 saturated carbocycles. The van der Waals surface area contributed by atoms with Crippen molar-refractivity contribution < 1.29 is 4.74 Å². The van der Waals surface area contributed by atoms with E-state index in [1.54, 1.807) is 7.11 Å². The van der Waals surface area contributed by atoms with E-state index in [0.717, 1.165) is 18.2 Å². The maximum Gasteiger partial charge on any atom is 0.118 e. The SMILES string of the molecule is COc1ccc(CN2CC[C@]3(CCCN(CC4CCC4)C3)C2)cc1. The van der Waals surface area contributed by atoms with Crippen LogP contribution in [0, 0.1) is 11.3 Å². The van der Waals surface area contributed by atoms with Crippen molar-refractivity contribution in [3.63, 3.8) is 0 Å². The normalized spacial score (nSPS) is 29.0. The fourth-order valence-corrected chi connectivity index (χ4v) is 4.99. The Morgan fingerprint density at radius 1 is 1.00 bits per heavy atom. The summed E-state index contributed by atoms with van der Waals surface area (Å²) < 4.78 is 5.27. The molecule has 0 bridgehead atoms. The van der Waals surface area contributed by atoms with E-state index < -0.39 is 0 Å². The topological polar surface area (TPSA) is 15.7 Å². The summed E-state index contributed by atoms with van der Waals surface area (Å²) in [6.45, 7) is 7.72. The minimum Gasteiger partial charge on any atom is -0.497 e. The molecule has 0 N–H and O–H groups in total. The van der Waals surface area contributed by atoms with Crippen LogP contribution in [0.15, 0.2) is 24.3 Å². The first-order chi connectivity index (χ1) is 11.7. The molecule has 2 aliphatic heterocycles. The van der Waals surface area contributed by atoms with Gasteiger partial charge in [-0.2, -0.15) is 0 Å². The van der Waals surface area contributed by atoms with Crippen molar-refractivity contribution in [1.29, 1.82) is 0 Å². The maximum atomic E-state index is 5.27. The molecule has 3 fully saturated rings. The molecule has 0 radical (unpaired) electrons. The van der Waals surface area contributed by atoms with E-state index in [1.165, 1.54) is 76.8 Å². The molecule has 0 aromatic heterocycles. The molecule has 0 unspecified atom stereocenters. The van der Waals surface area contributed by atoms with Crippen molar-refractivity contribution in [3.8, 4) is 5.75 Å². The van der Waals surface area contributed by atoms with E-state index in [9.17, 15) is 0 Å². The molecule has 132 valence electrons. The summed E-state index contributed by atoms with van der Waals surface area (Å²) in [5, 5.41) is 0. The van der Waals surface area contributed by atoms with Gasteiger partial charge in [0.05, 0.1) is 7.11 Å². The van der Waals surface area contributed by atoms with Crippen molar-refractivity contribution in [2.45, 2.75) is 45.1 Å². The summed E-state index contributed by atoms with van der Waals surface area (Å²) in [4.78, 5) is 5.47. The lowest BCUT2D eigenvalue weighted by Gasteiger charge is -2.43. The van der Waals surface area contributed by atoms with Crippen LogP contribution < -0.4 is 4.74 Å². The Kier molecular flexibility index (Phi) is 4.82. The molecule has 2 saturated heterocycles. The highest BCUT2D eigenvalue weighted by Crippen LogP contribution is 2.40. The van der Waals surface area contributed by atoms with Crippen LogP contribution in [0.1, 0.15) is 44.1 Å². The predicted octanol–water partition coefficient (Wildman–Crippen LogP) is 3.78. The fraction of sp³-hybridized carbons (Fsp3) is 0.714. The average Bonchev–Trinajstić information content (AvgIpc) is 2.94. The Balaban J connectivity index is 1.32. The van der Waals surface area contributed by atoms with Gasteiger partial charge in [-0.05, 0) is 74.2 Å². The minimum atomic E-state index is 0.578. The highest BCUT2D eigenvalue weighted by molar-refractivity contribution is 5.27. The zero-order valence-corrected chi connectivity index (χ0v) is 15.2. The van der Waals surface area contributed by atoms with Crippen LogP contribution in [0.4, 0.5) is 0 Å². The third-order valence-corrected chi connectivity index (χ3v) is 6.56. The predicted molar refractivity (Wildman–Crippen MR) is 98.3 cm³/mol. The Labute approximate surface area is 147 Å². The van der Waals surface area contributed by atoms with E-state index in [2.05, 4.69) is 34.1 Å². The van der Waals surface area contributed by atoms with E-state index in [0.29, 0.717) is 5.41 Å². The lowest BCUT2D eigenvalue weighted by atomic mass is 9.78. The third-order valence-electron chi connectivity index (χ3n) is 6.56. The molecule has 1 aromatic rings. The van der Waals surface area contributed by atoms with Crippen LogP contribution in [0.3, 0.4) is 0 Å². The number of rotatable bonds is 5. The standard InChI is InChI=1S/C21H32N2O/c1-24-20-8-6-19(7-9-20)15-23-13-11-21(17-23)10-3-12-22(16-21)14-18-4-2-5-18/h6-9,18H,2-5,10-17H2,1H3/t21-/m0/s1. The van der Waals surface area contributed by atoms with Crippen LogP contribution in [0.5, 0.6) is 5.75 Å². The highest BCUT2D eigenvalue weighted by atomic mass is 16.5. The van der Waals surface area contributed by atoms with E-state index >= 15 is 0 Å². The number of nitrogens with zero attached hydrogens (tertiary/aromatic N) is 2. The smallest absolute Gasteiger partial charge is 0.118 e. The first-order valence-electron chi connectivity index (χ1n) is 9.82. The fourth-order valence-electron chi connectivity index (χ4n) is 4.99. The molecular weight excluding hydrogens is 296 g/mol. The van der Waals surface area contributed by atoms with Crippen LogP contribution in [-0.4, -0.2) is 49.6 Å². The molecule has 1 spiro atoms. The first kappa shape index (κ1) is 16.4. The van der Waals surface area contributed by atoms with Crippen molar-refractivity contribution in [2.75, 3.05) is 39.8 Å². The van der Waals surface area contributed by atoms with Gasteiger partial charge in [-0.3, -0.25) is 4.90 Å². The van der Waals surface area contributed by atoms with Crippen molar-refractivity contribution in [2.24, 2.45) is 11.3 Å². The first-order valence-corrected chi connectivity index (χ1v) is 9.82. The Hall–Kier alpha value is -1.06. The van der Waals surface area contributed by atoms with Crippen molar-refractivity contribution in [3.05, 3.63) is 29.8 Å². The third kappa shape index (κ3) is 3.62. The number of hydrogen-bond acceptors (Lipinski definition) is 3. The van der Waals surface area contributed by atoms with Crippen LogP contribution in [-0.2, 0) is 6.54 Å². The molecule has 24 heavy (non-hydrogen) atoms. The number of hydrogen-bond donors (Lipinski definition) is 0. The number of ether oxygens (including phenoxy) is 1. The van der Waals surface area contributed by atoms with Gasteiger partial charge in [-0.15, -0.1) is 0 Å². The second-order valence-corrected chi connectivity index (χ2v) is 8.44. The van der Waals surface area contributed by atoms with Crippen molar-refractivity contribution in [1.82, 2.24) is 9.80 Å². The molecule has 1 aliphatic carbocycles. The molecule has 0 amide bonds. The monoisotopic (exact) mass is 328 g/mol. The van der Waals surface area contributed by atoms with E-state index in [1.807, 2.05) is 0 Å². The Morgan fingerprint density at radius 2 is 1.79 bits per heavy atom. The Morgan fingerprint density at radius 3 is 2.50 bits per heavy atom. The number of methoxy groups -OCH3 is 1. The van der Waals surface area contributed by atoms with Gasteiger partial charge < -0.3 is 9.64 Å². The molecule has 4 rings (SSSR count). The molecule has 3 aliphatic rings. The van der Waals surface area contributed by atoms with Gasteiger partial charge in [0, 0.05) is 26.2 Å². The summed E-state index contributed by atoms with van der Waals surface area (Å²) in [6.07, 6.45) is 8.67. The summed E-state index contributed by atoms with van der Waals surface area (Å²) in [6, 6.07) is 8.60. The largest absolute Gasteiger partial charge is 0.497 e. The molecule has 2 heterocycles. The van der Waals surface area contributed by atoms with Gasteiger partial charge in [-0.1, -0.05) is 18.6 Å². The maximum absolute atomic E-state index is 5.27. The van der Waals surface area contributed by atoms with Gasteiger partial charge in [0.25, 0.3) is 0 Å². The van der Waals surface area contributed by atoms with E-state index in [4.69, 9.17) is 4.74 Å². The molecule has 1 atom stereocenters. The van der Waals surface area contributed by atoms with Gasteiger partial charge >= 0.3 is 0 Å². The minimum absolute atomic E-state index is 0.578. The van der Waals surface area contributed by atoms with Crippen LogP contribution in [0.2, 0.25) is 0 Å². The number of benzene rings is 1. The summed E-state index contributed by atoms with van der Waals surface area (Å²) in [5.74, 6) is 1.97. The summed E-state index contributed by atoms with van der Waals surface area (Å²) in [7, 11) is 1.73. The van der Waals surface area contributed by atoms with Crippen LogP contribution in [0.25, 0.3) is 0 Å². The number of piperidine rings is 1. The zero-order chi connectivity index (χ0) is 16.4.